The minimum Gasteiger partial charge on any atom is -0.496 e. The molecule has 46 heavy (non-hydrogen) atoms. The van der Waals surface area contributed by atoms with Gasteiger partial charge in [-0.1, -0.05) is 95.1 Å². The van der Waals surface area contributed by atoms with Crippen LogP contribution in [0.5, 0.6) is 5.75 Å². The van der Waals surface area contributed by atoms with Gasteiger partial charge in [-0.2, -0.15) is 0 Å². The monoisotopic (exact) mass is 664 g/mol. The third-order valence-corrected chi connectivity index (χ3v) is 7.50. The summed E-state index contributed by atoms with van der Waals surface area (Å²) in [5.41, 5.74) is 6.28. The topological polar surface area (TPSA) is 143 Å². The lowest BCUT2D eigenvalue weighted by Gasteiger charge is -2.28. The normalized spacial score (nSPS) is 17.3. The Labute approximate surface area is 283 Å². The van der Waals surface area contributed by atoms with Gasteiger partial charge >= 0.3 is 0 Å². The fraction of sp³-hybridized carbons (Fsp3) is 0.667. The number of aromatic nitrogens is 1. The van der Waals surface area contributed by atoms with Crippen LogP contribution in [0.2, 0.25) is 0 Å². The molecule has 2 fully saturated rings. The lowest BCUT2D eigenvalue weighted by atomic mass is 9.83. The van der Waals surface area contributed by atoms with E-state index in [2.05, 4.69) is 50.2 Å². The van der Waals surface area contributed by atoms with Gasteiger partial charge in [0.15, 0.2) is 0 Å². The van der Waals surface area contributed by atoms with Crippen molar-refractivity contribution >= 4 is 46.7 Å². The zero-order valence-corrected chi connectivity index (χ0v) is 31.5. The first kappa shape index (κ1) is 45.1. The largest absolute Gasteiger partial charge is 0.496 e. The molecular formula is C36H64N4O5S. The summed E-state index contributed by atoms with van der Waals surface area (Å²) in [5, 5.41) is 6.79. The van der Waals surface area contributed by atoms with E-state index >= 15 is 0 Å². The van der Waals surface area contributed by atoms with E-state index in [0.29, 0.717) is 12.1 Å². The van der Waals surface area contributed by atoms with E-state index < -0.39 is 11.9 Å². The molecule has 2 aliphatic heterocycles. The van der Waals surface area contributed by atoms with Crippen LogP contribution in [0.1, 0.15) is 125 Å². The van der Waals surface area contributed by atoms with Crippen LogP contribution in [-0.2, 0) is 14.4 Å². The number of primary amides is 1. The molecule has 0 bridgehead atoms. The number of hydrogen-bond acceptors (Lipinski definition) is 6. The molecule has 10 heteroatoms. The second kappa shape index (κ2) is 25.1. The van der Waals surface area contributed by atoms with Crippen molar-refractivity contribution < 1.29 is 23.9 Å². The van der Waals surface area contributed by atoms with Crippen molar-refractivity contribution in [3.63, 3.8) is 0 Å². The fourth-order valence-corrected chi connectivity index (χ4v) is 5.42. The lowest BCUT2D eigenvalue weighted by Crippen LogP contribution is -2.41. The molecule has 9 nitrogen and oxygen atoms in total. The maximum atomic E-state index is 12.3. The van der Waals surface area contributed by atoms with E-state index in [1.54, 1.807) is 24.9 Å². The van der Waals surface area contributed by atoms with E-state index in [1.807, 2.05) is 59.7 Å². The molecule has 2 saturated heterocycles. The highest BCUT2D eigenvalue weighted by Crippen LogP contribution is 2.36. The number of carbonyl (C=O) groups is 4. The molecule has 1 aromatic carbocycles. The predicted octanol–water partition coefficient (Wildman–Crippen LogP) is 7.67. The molecule has 264 valence electrons. The summed E-state index contributed by atoms with van der Waals surface area (Å²) in [7, 11) is 1.59. The second-order valence-electron chi connectivity index (χ2n) is 11.2. The smallest absolute Gasteiger partial charge is 0.265 e. The molecule has 0 radical (unpaired) electrons. The Hall–Kier alpha value is -3.01. The first-order chi connectivity index (χ1) is 22.0. The molecule has 0 spiro atoms. The molecule has 3 amide bonds. The van der Waals surface area contributed by atoms with Crippen molar-refractivity contribution in [3.8, 4) is 5.75 Å². The molecule has 5 N–H and O–H groups in total. The van der Waals surface area contributed by atoms with Crippen LogP contribution in [0.3, 0.4) is 0 Å². The standard InChI is InChI=1S/C16H26N2O3S.C10H10N2O2.C4H10.3C2H6/c1-3-5-16(6-4-2)8-11(14(20)18-16)7-12(9-19)17-15(21)13-10-22-13;1-14-9-4-2-3-7-6(9)5-8(12-7)10(11)13;1-4(2)3;3*1-2/h9,11-13H,3-8,10H2,1-2H3,(H,17,21)(H,18,20);2-5,12H,1H3,(H2,11,13);4H,1-3H3;3*1-2H3. The molecule has 2 aliphatic rings. The zero-order valence-electron chi connectivity index (χ0n) is 30.7. The Morgan fingerprint density at radius 2 is 1.63 bits per heavy atom. The number of benzene rings is 1. The molecule has 2 aromatic rings. The van der Waals surface area contributed by atoms with Crippen molar-refractivity contribution in [2.75, 3.05) is 12.9 Å². The van der Waals surface area contributed by atoms with E-state index in [-0.39, 0.29) is 28.5 Å². The first-order valence-corrected chi connectivity index (χ1v) is 18.2. The molecule has 1 aromatic heterocycles. The fourth-order valence-electron chi connectivity index (χ4n) is 4.95. The van der Waals surface area contributed by atoms with Gasteiger partial charge in [0.1, 0.15) is 17.7 Å². The first-order valence-electron chi connectivity index (χ1n) is 17.1. The Kier molecular flexibility index (Phi) is 24.6. The second-order valence-corrected chi connectivity index (χ2v) is 12.4. The average molecular weight is 665 g/mol. The number of fused-ring (bicyclic) bond motifs is 1. The van der Waals surface area contributed by atoms with Crippen molar-refractivity contribution in [1.29, 1.82) is 0 Å². The minimum absolute atomic E-state index is 0.000807. The Morgan fingerprint density at radius 3 is 2.07 bits per heavy atom. The SMILES string of the molecule is CC.CC.CC.CC(C)C.CCCC1(CCC)CC(CC(C=O)NC(=O)C2CS2)C(=O)N1.COc1cccc2[nH]c(C(N)=O)cc12. The number of aromatic amines is 1. The number of hydrogen-bond donors (Lipinski definition) is 4. The summed E-state index contributed by atoms with van der Waals surface area (Å²) < 4.78 is 5.15. The van der Waals surface area contributed by atoms with Crippen molar-refractivity contribution in [1.82, 2.24) is 15.6 Å². The molecule has 3 heterocycles. The van der Waals surface area contributed by atoms with Crippen LogP contribution in [0.25, 0.3) is 10.9 Å². The number of thioether (sulfide) groups is 1. The van der Waals surface area contributed by atoms with Crippen molar-refractivity contribution in [3.05, 3.63) is 30.0 Å². The number of carbonyl (C=O) groups excluding carboxylic acids is 4. The van der Waals surface area contributed by atoms with Gasteiger partial charge in [0, 0.05) is 28.1 Å². The summed E-state index contributed by atoms with van der Waals surface area (Å²) in [4.78, 5) is 49.1. The highest BCUT2D eigenvalue weighted by atomic mass is 32.2. The highest BCUT2D eigenvalue weighted by molar-refractivity contribution is 8.07. The Morgan fingerprint density at radius 1 is 1.09 bits per heavy atom. The maximum absolute atomic E-state index is 12.3. The van der Waals surface area contributed by atoms with Crippen molar-refractivity contribution in [2.24, 2.45) is 17.6 Å². The number of ether oxygens (including phenoxy) is 1. The summed E-state index contributed by atoms with van der Waals surface area (Å²) in [6.07, 6.45) is 5.94. The highest BCUT2D eigenvalue weighted by Gasteiger charge is 2.43. The molecule has 0 aliphatic carbocycles. The lowest BCUT2D eigenvalue weighted by molar-refractivity contribution is -0.125. The maximum Gasteiger partial charge on any atom is 0.265 e. The number of rotatable bonds is 11. The quantitative estimate of drug-likeness (QED) is 0.143. The number of H-pyrrole nitrogens is 1. The van der Waals surface area contributed by atoms with Crippen LogP contribution in [-0.4, -0.2) is 58.7 Å². The molecule has 3 atom stereocenters. The van der Waals surface area contributed by atoms with Gasteiger partial charge in [0.25, 0.3) is 5.91 Å². The number of nitrogens with one attached hydrogen (secondary N) is 3. The molecule has 0 saturated carbocycles. The summed E-state index contributed by atoms with van der Waals surface area (Å²) in [6, 6.07) is 6.69. The minimum atomic E-state index is -0.552. The van der Waals surface area contributed by atoms with Crippen LogP contribution >= 0.6 is 11.8 Å². The Balaban J connectivity index is 0. The van der Waals surface area contributed by atoms with Crippen molar-refractivity contribution in [2.45, 2.75) is 132 Å². The van der Waals surface area contributed by atoms with E-state index in [4.69, 9.17) is 10.5 Å². The van der Waals surface area contributed by atoms with E-state index in [1.165, 1.54) is 0 Å². The number of nitrogens with two attached hydrogens (primary N) is 1. The van der Waals surface area contributed by atoms with Crippen LogP contribution in [0.4, 0.5) is 0 Å². The van der Waals surface area contributed by atoms with Gasteiger partial charge < -0.3 is 30.9 Å². The summed E-state index contributed by atoms with van der Waals surface area (Å²) in [6.45, 7) is 22.7. The molecule has 3 unspecified atom stereocenters. The van der Waals surface area contributed by atoms with Gasteiger partial charge in [-0.05, 0) is 49.8 Å². The van der Waals surface area contributed by atoms with E-state index in [9.17, 15) is 19.2 Å². The number of methoxy groups -OCH3 is 1. The molecular weight excluding hydrogens is 600 g/mol. The zero-order chi connectivity index (χ0) is 35.9. The van der Waals surface area contributed by atoms with Gasteiger partial charge in [-0.25, -0.2) is 0 Å². The van der Waals surface area contributed by atoms with Crippen LogP contribution in [0, 0.1) is 11.8 Å². The average Bonchev–Trinajstić information content (AvgIpc) is 3.73. The Bertz CT molecular complexity index is 1140. The number of amides is 3. The van der Waals surface area contributed by atoms with Gasteiger partial charge in [-0.3, -0.25) is 14.4 Å². The van der Waals surface area contributed by atoms with Crippen LogP contribution in [0.15, 0.2) is 24.3 Å². The third kappa shape index (κ3) is 16.0. The van der Waals surface area contributed by atoms with E-state index in [0.717, 1.165) is 66.7 Å². The predicted molar refractivity (Wildman–Crippen MR) is 196 cm³/mol. The summed E-state index contributed by atoms with van der Waals surface area (Å²) in [5.74, 6) is 1.70. The third-order valence-electron chi connectivity index (χ3n) is 6.62. The van der Waals surface area contributed by atoms with Gasteiger partial charge in [-0.15, -0.1) is 11.8 Å². The summed E-state index contributed by atoms with van der Waals surface area (Å²) >= 11 is 1.58. The number of aldehydes is 1. The van der Waals surface area contributed by atoms with Gasteiger partial charge in [0.05, 0.1) is 18.4 Å². The molecule has 4 rings (SSSR count). The van der Waals surface area contributed by atoms with Gasteiger partial charge in [0.2, 0.25) is 11.8 Å². The van der Waals surface area contributed by atoms with Crippen LogP contribution < -0.4 is 21.1 Å².